The topological polar surface area (TPSA) is 69.9 Å². The average molecular weight is 700 g/mol. The van der Waals surface area contributed by atoms with Gasteiger partial charge in [0.15, 0.2) is 4.80 Å². The molecule has 0 unspecified atom stereocenters. The molecule has 1 atom stereocenters. The van der Waals surface area contributed by atoms with Gasteiger partial charge < -0.3 is 9.47 Å². The minimum atomic E-state index is -0.666. The number of benzene rings is 3. The molecule has 0 saturated carbocycles. The van der Waals surface area contributed by atoms with Gasteiger partial charge in [0, 0.05) is 5.56 Å². The minimum Gasteiger partial charge on any atom is -0.486 e. The normalized spacial score (nSPS) is 15.0. The number of thiazole rings is 1. The molecule has 1 aromatic heterocycles. The fourth-order valence-electron chi connectivity index (χ4n) is 4.57. The zero-order valence-electron chi connectivity index (χ0n) is 22.4. The summed E-state index contributed by atoms with van der Waals surface area (Å²) in [7, 11) is 0. The summed E-state index contributed by atoms with van der Waals surface area (Å²) >= 11 is 8.34. The number of fused-ring (bicyclic) bond motifs is 1. The molecule has 210 valence electrons. The Bertz CT molecular complexity index is 1840. The highest BCUT2D eigenvalue weighted by atomic mass is 79.9. The molecular weight excluding hydrogens is 675 g/mol. The quantitative estimate of drug-likeness (QED) is 0.211. The third-order valence-corrected chi connectivity index (χ3v) is 8.72. The predicted molar refractivity (Wildman–Crippen MR) is 164 cm³/mol. The second kappa shape index (κ2) is 12.3. The lowest BCUT2D eigenvalue weighted by Crippen LogP contribution is -2.39. The van der Waals surface area contributed by atoms with Gasteiger partial charge in [-0.1, -0.05) is 59.4 Å². The summed E-state index contributed by atoms with van der Waals surface area (Å²) in [5, 5.41) is 0. The monoisotopic (exact) mass is 698 g/mol. The first-order valence-corrected chi connectivity index (χ1v) is 15.2. The number of ether oxygens (including phenoxy) is 2. The van der Waals surface area contributed by atoms with Gasteiger partial charge in [0.05, 0.1) is 37.4 Å². The van der Waals surface area contributed by atoms with Crippen LogP contribution in [0.5, 0.6) is 5.75 Å². The van der Waals surface area contributed by atoms with E-state index in [1.54, 1.807) is 42.7 Å². The SMILES string of the molecule is CCOC(=O)C1=C(C)N=c2s/c(=C/c3cc(Br)c(OCc4ccccc4F)c(Br)c3)c(=O)n2[C@@H]1c1ccc(C)cc1. The Morgan fingerprint density at radius 1 is 1.10 bits per heavy atom. The number of aromatic nitrogens is 1. The Morgan fingerprint density at radius 3 is 2.44 bits per heavy atom. The van der Waals surface area contributed by atoms with Gasteiger partial charge in [0.2, 0.25) is 0 Å². The van der Waals surface area contributed by atoms with E-state index in [1.165, 1.54) is 17.4 Å². The number of hydrogen-bond acceptors (Lipinski definition) is 6. The summed E-state index contributed by atoms with van der Waals surface area (Å²) in [4.78, 5) is 32.0. The molecule has 0 spiro atoms. The van der Waals surface area contributed by atoms with Crippen molar-refractivity contribution in [3.05, 3.63) is 129 Å². The van der Waals surface area contributed by atoms with Gasteiger partial charge in [-0.15, -0.1) is 0 Å². The molecular formula is C31H25Br2FN2O4S. The Labute approximate surface area is 256 Å². The van der Waals surface area contributed by atoms with Gasteiger partial charge in [0.1, 0.15) is 18.2 Å². The van der Waals surface area contributed by atoms with E-state index in [9.17, 15) is 14.0 Å². The molecule has 5 rings (SSSR count). The minimum absolute atomic E-state index is 0.0585. The molecule has 6 nitrogen and oxygen atoms in total. The van der Waals surface area contributed by atoms with Gasteiger partial charge in [0.25, 0.3) is 5.56 Å². The molecule has 0 amide bonds. The lowest BCUT2D eigenvalue weighted by molar-refractivity contribution is -0.139. The van der Waals surface area contributed by atoms with Gasteiger partial charge in [-0.3, -0.25) is 9.36 Å². The number of carbonyl (C=O) groups is 1. The van der Waals surface area contributed by atoms with Crippen molar-refractivity contribution in [3.8, 4) is 5.75 Å². The van der Waals surface area contributed by atoms with Crippen LogP contribution in [0.3, 0.4) is 0 Å². The molecule has 4 aromatic rings. The third-order valence-electron chi connectivity index (χ3n) is 6.56. The van der Waals surface area contributed by atoms with E-state index < -0.39 is 12.0 Å². The fourth-order valence-corrected chi connectivity index (χ4v) is 7.07. The van der Waals surface area contributed by atoms with E-state index in [4.69, 9.17) is 9.47 Å². The van der Waals surface area contributed by atoms with E-state index in [1.807, 2.05) is 43.3 Å². The molecule has 0 fully saturated rings. The van der Waals surface area contributed by atoms with Gasteiger partial charge in [-0.05, 0) is 88.0 Å². The summed E-state index contributed by atoms with van der Waals surface area (Å²) in [5.74, 6) is -0.314. The van der Waals surface area contributed by atoms with Gasteiger partial charge in [-0.2, -0.15) is 0 Å². The van der Waals surface area contributed by atoms with Crippen molar-refractivity contribution < 1.29 is 18.7 Å². The van der Waals surface area contributed by atoms with Crippen LogP contribution in [0.2, 0.25) is 0 Å². The highest BCUT2D eigenvalue weighted by molar-refractivity contribution is 9.11. The van der Waals surface area contributed by atoms with E-state index >= 15 is 0 Å². The number of nitrogens with zero attached hydrogens (tertiary/aromatic N) is 2. The molecule has 0 saturated heterocycles. The van der Waals surface area contributed by atoms with E-state index in [0.29, 0.717) is 40.9 Å². The maximum absolute atomic E-state index is 14.0. The predicted octanol–water partition coefficient (Wildman–Crippen LogP) is 6.35. The molecule has 41 heavy (non-hydrogen) atoms. The number of carbonyl (C=O) groups excluding carboxylic acids is 1. The van der Waals surface area contributed by atoms with Crippen molar-refractivity contribution in [2.75, 3.05) is 6.61 Å². The Hall–Kier alpha value is -3.34. The van der Waals surface area contributed by atoms with Crippen LogP contribution in [-0.4, -0.2) is 17.1 Å². The summed E-state index contributed by atoms with van der Waals surface area (Å²) in [6, 6.07) is 17.2. The van der Waals surface area contributed by atoms with Crippen LogP contribution < -0.4 is 19.6 Å². The number of allylic oxidation sites excluding steroid dienone is 1. The van der Waals surface area contributed by atoms with Crippen molar-refractivity contribution in [2.24, 2.45) is 4.99 Å². The third kappa shape index (κ3) is 6.00. The molecule has 0 aliphatic carbocycles. The van der Waals surface area contributed by atoms with E-state index in [-0.39, 0.29) is 24.6 Å². The van der Waals surface area contributed by atoms with Crippen molar-refractivity contribution in [1.82, 2.24) is 4.57 Å². The number of hydrogen-bond donors (Lipinski definition) is 0. The maximum atomic E-state index is 14.0. The molecule has 1 aliphatic rings. The Balaban J connectivity index is 1.56. The maximum Gasteiger partial charge on any atom is 0.338 e. The summed E-state index contributed by atoms with van der Waals surface area (Å²) in [6.45, 7) is 5.76. The van der Waals surface area contributed by atoms with Gasteiger partial charge in [-0.25, -0.2) is 14.2 Å². The van der Waals surface area contributed by atoms with Crippen molar-refractivity contribution >= 4 is 55.2 Å². The van der Waals surface area contributed by atoms with E-state index in [0.717, 1.165) is 16.7 Å². The first kappa shape index (κ1) is 29.2. The fraction of sp³-hybridized carbons (Fsp3) is 0.194. The molecule has 2 heterocycles. The lowest BCUT2D eigenvalue weighted by atomic mass is 9.95. The smallest absolute Gasteiger partial charge is 0.338 e. The van der Waals surface area contributed by atoms with E-state index in [2.05, 4.69) is 36.9 Å². The highest BCUT2D eigenvalue weighted by Gasteiger charge is 2.33. The standard InChI is InChI=1S/C31H25Br2FN2O4S/c1-4-39-30(38)26-18(3)35-31-36(27(26)20-11-9-17(2)10-12-20)29(37)25(41-31)15-19-13-22(32)28(23(33)14-19)40-16-21-7-5-6-8-24(21)34/h5-15,27H,4,16H2,1-3H3/b25-15+/t27-/m1/s1. The van der Waals surface area contributed by atoms with Crippen LogP contribution in [0.25, 0.3) is 6.08 Å². The molecule has 0 radical (unpaired) electrons. The van der Waals surface area contributed by atoms with Crippen molar-refractivity contribution in [3.63, 3.8) is 0 Å². The molecule has 0 N–H and O–H groups in total. The number of aryl methyl sites for hydroxylation is 1. The first-order valence-electron chi connectivity index (χ1n) is 12.8. The first-order chi connectivity index (χ1) is 19.7. The largest absolute Gasteiger partial charge is 0.486 e. The number of rotatable bonds is 7. The van der Waals surface area contributed by atoms with Crippen LogP contribution >= 0.6 is 43.2 Å². The van der Waals surface area contributed by atoms with Gasteiger partial charge >= 0.3 is 5.97 Å². The summed E-state index contributed by atoms with van der Waals surface area (Å²) in [5.41, 5.74) is 3.64. The molecule has 1 aliphatic heterocycles. The molecule has 3 aromatic carbocycles. The number of halogens is 3. The zero-order chi connectivity index (χ0) is 29.3. The Morgan fingerprint density at radius 2 is 1.78 bits per heavy atom. The second-order valence-electron chi connectivity index (χ2n) is 9.41. The zero-order valence-corrected chi connectivity index (χ0v) is 26.4. The van der Waals surface area contributed by atoms with Crippen molar-refractivity contribution in [1.29, 1.82) is 0 Å². The lowest BCUT2D eigenvalue weighted by Gasteiger charge is -2.24. The summed E-state index contributed by atoms with van der Waals surface area (Å²) < 4.78 is 28.6. The van der Waals surface area contributed by atoms with Crippen LogP contribution in [0.15, 0.2) is 90.7 Å². The Kier molecular flexibility index (Phi) is 8.72. The van der Waals surface area contributed by atoms with Crippen LogP contribution in [-0.2, 0) is 16.1 Å². The molecule has 0 bridgehead atoms. The average Bonchev–Trinajstić information content (AvgIpc) is 3.23. The van der Waals surface area contributed by atoms with Crippen LogP contribution in [0, 0.1) is 12.7 Å². The summed E-state index contributed by atoms with van der Waals surface area (Å²) in [6.07, 6.45) is 1.77. The van der Waals surface area contributed by atoms with Crippen molar-refractivity contribution in [2.45, 2.75) is 33.4 Å². The number of esters is 1. The highest BCUT2D eigenvalue weighted by Crippen LogP contribution is 2.36. The second-order valence-corrected chi connectivity index (χ2v) is 12.1. The molecule has 10 heteroatoms. The van der Waals surface area contributed by atoms with Crippen LogP contribution in [0.1, 0.15) is 42.1 Å². The van der Waals surface area contributed by atoms with Crippen LogP contribution in [0.4, 0.5) is 4.39 Å².